The van der Waals surface area contributed by atoms with Crippen molar-refractivity contribution in [3.8, 4) is 0 Å². The van der Waals surface area contributed by atoms with Crippen LogP contribution >= 0.6 is 0 Å². The molecule has 7 nitrogen and oxygen atoms in total. The summed E-state index contributed by atoms with van der Waals surface area (Å²) in [6, 6.07) is 10.5. The number of benzene rings is 1. The molecule has 28 heavy (non-hydrogen) atoms. The third-order valence-electron chi connectivity index (χ3n) is 6.27. The quantitative estimate of drug-likeness (QED) is 0.654. The molecule has 5 rings (SSSR count). The Morgan fingerprint density at radius 1 is 1.21 bits per heavy atom. The van der Waals surface area contributed by atoms with E-state index in [4.69, 9.17) is 0 Å². The lowest BCUT2D eigenvalue weighted by Crippen LogP contribution is -2.50. The monoisotopic (exact) mass is 376 g/mol. The number of aromatic nitrogens is 3. The van der Waals surface area contributed by atoms with Crippen LogP contribution in [0.1, 0.15) is 23.5 Å². The molecule has 1 aliphatic carbocycles. The smallest absolute Gasteiger partial charge is 0.230 e. The van der Waals surface area contributed by atoms with Gasteiger partial charge in [-0.2, -0.15) is 0 Å². The van der Waals surface area contributed by atoms with E-state index < -0.39 is 0 Å². The number of hydrogen-bond acceptors (Lipinski definition) is 5. The normalized spacial score (nSPS) is 24.0. The molecule has 1 fully saturated rings. The van der Waals surface area contributed by atoms with Crippen molar-refractivity contribution in [1.82, 2.24) is 20.1 Å². The van der Waals surface area contributed by atoms with Crippen LogP contribution in [-0.2, 0) is 11.2 Å². The molecule has 144 valence electrons. The summed E-state index contributed by atoms with van der Waals surface area (Å²) in [6.07, 6.45) is 4.03. The highest BCUT2D eigenvalue weighted by Gasteiger charge is 2.41. The second-order valence-electron chi connectivity index (χ2n) is 7.88. The predicted molar refractivity (Wildman–Crippen MR) is 109 cm³/mol. The van der Waals surface area contributed by atoms with Gasteiger partial charge in [-0.05, 0) is 49.2 Å². The summed E-state index contributed by atoms with van der Waals surface area (Å²) in [5.74, 6) is 1.47. The minimum absolute atomic E-state index is 0.0175. The molecule has 3 heterocycles. The topological polar surface area (TPSA) is 85.9 Å². The highest BCUT2D eigenvalue weighted by Crippen LogP contribution is 2.44. The molecule has 0 saturated carbocycles. The molecule has 1 saturated heterocycles. The summed E-state index contributed by atoms with van der Waals surface area (Å²) in [5.41, 5.74) is 3.95. The van der Waals surface area contributed by atoms with Crippen LogP contribution in [0.4, 0.5) is 11.6 Å². The van der Waals surface area contributed by atoms with E-state index in [1.165, 1.54) is 22.0 Å². The number of likely N-dealkylation sites (N-methyl/N-ethyl adjacent to an activating group) is 1. The fraction of sp³-hybridized carbons (Fsp3) is 0.381. The Labute approximate surface area is 163 Å². The zero-order valence-corrected chi connectivity index (χ0v) is 16.1. The summed E-state index contributed by atoms with van der Waals surface area (Å²) < 4.78 is 0. The van der Waals surface area contributed by atoms with Crippen molar-refractivity contribution in [3.63, 3.8) is 0 Å². The van der Waals surface area contributed by atoms with Gasteiger partial charge in [0.25, 0.3) is 0 Å². The molecule has 0 spiro atoms. The lowest BCUT2D eigenvalue weighted by atomic mass is 9.72. The maximum Gasteiger partial charge on any atom is 0.230 e. The van der Waals surface area contributed by atoms with E-state index in [9.17, 15) is 4.79 Å². The molecule has 2 aliphatic rings. The Morgan fingerprint density at radius 2 is 2.04 bits per heavy atom. The van der Waals surface area contributed by atoms with Gasteiger partial charge in [-0.15, -0.1) is 10.2 Å². The van der Waals surface area contributed by atoms with Crippen LogP contribution in [0.3, 0.4) is 0 Å². The zero-order valence-electron chi connectivity index (χ0n) is 16.1. The molecule has 0 radical (unpaired) electrons. The first-order chi connectivity index (χ1) is 13.6. The molecule has 1 aliphatic heterocycles. The number of hydrogen-bond donors (Lipinski definition) is 3. The van der Waals surface area contributed by atoms with E-state index >= 15 is 0 Å². The summed E-state index contributed by atoms with van der Waals surface area (Å²) in [6.45, 7) is 0.755. The molecule has 1 amide bonds. The molecule has 3 aromatic rings. The van der Waals surface area contributed by atoms with E-state index in [2.05, 4.69) is 62.2 Å². The van der Waals surface area contributed by atoms with Gasteiger partial charge in [0.05, 0.1) is 5.92 Å². The molecule has 0 bridgehead atoms. The SMILES string of the molecule is CNc1ccc(NC(=O)C2C[C@@H]3c4cccc5[nH]cc(c45)C[C@H]3N(C)C2)nn1. The van der Waals surface area contributed by atoms with E-state index in [0.29, 0.717) is 23.6 Å². The zero-order chi connectivity index (χ0) is 19.3. The average molecular weight is 376 g/mol. The van der Waals surface area contributed by atoms with E-state index in [-0.39, 0.29) is 11.8 Å². The third kappa shape index (κ3) is 2.74. The molecule has 7 heteroatoms. The number of H-pyrrole nitrogens is 1. The first-order valence-corrected chi connectivity index (χ1v) is 9.75. The minimum atomic E-state index is -0.0761. The van der Waals surface area contributed by atoms with Crippen LogP contribution in [0.5, 0.6) is 0 Å². The first kappa shape index (κ1) is 17.2. The van der Waals surface area contributed by atoms with Gasteiger partial charge in [-0.25, -0.2) is 0 Å². The average Bonchev–Trinajstić information content (AvgIpc) is 3.13. The second-order valence-corrected chi connectivity index (χ2v) is 7.88. The molecule has 1 unspecified atom stereocenters. The molecular weight excluding hydrogens is 352 g/mol. The Kier molecular flexibility index (Phi) is 4.05. The summed E-state index contributed by atoms with van der Waals surface area (Å²) in [4.78, 5) is 18.7. The Bertz CT molecular complexity index is 1030. The number of fused-ring (bicyclic) bond motifs is 2. The Hall–Kier alpha value is -2.93. The van der Waals surface area contributed by atoms with Gasteiger partial charge in [0.1, 0.15) is 5.82 Å². The number of carbonyl (C=O) groups is 1. The highest BCUT2D eigenvalue weighted by molar-refractivity contribution is 5.92. The van der Waals surface area contributed by atoms with Crippen molar-refractivity contribution in [2.24, 2.45) is 5.92 Å². The number of amides is 1. The lowest BCUT2D eigenvalue weighted by molar-refractivity contribution is -0.122. The lowest BCUT2D eigenvalue weighted by Gasteiger charge is -2.45. The fourth-order valence-electron chi connectivity index (χ4n) is 4.89. The van der Waals surface area contributed by atoms with Crippen LogP contribution in [0.2, 0.25) is 0 Å². The van der Waals surface area contributed by atoms with Crippen molar-refractivity contribution < 1.29 is 4.79 Å². The first-order valence-electron chi connectivity index (χ1n) is 9.75. The number of aromatic amines is 1. The minimum Gasteiger partial charge on any atom is -0.372 e. The predicted octanol–water partition coefficient (Wildman–Crippen LogP) is 2.60. The highest BCUT2D eigenvalue weighted by atomic mass is 16.2. The molecular formula is C21H24N6O. The van der Waals surface area contributed by atoms with Gasteiger partial charge in [0.15, 0.2) is 5.82 Å². The number of rotatable bonds is 3. The standard InChI is InChI=1S/C21H24N6O/c1-22-18-6-7-19(26-25-18)24-21(28)13-8-15-14-4-3-5-16-20(14)12(10-23-16)9-17(15)27(2)11-13/h3-7,10,13,15,17,23H,8-9,11H2,1-2H3,(H,22,25)(H,24,26,28)/t13?,15-,17-/m1/s1. The summed E-state index contributed by atoms with van der Waals surface area (Å²) in [7, 11) is 3.92. The van der Waals surface area contributed by atoms with Gasteiger partial charge >= 0.3 is 0 Å². The summed E-state index contributed by atoms with van der Waals surface area (Å²) >= 11 is 0. The van der Waals surface area contributed by atoms with Crippen LogP contribution in [0, 0.1) is 5.92 Å². The second kappa shape index (κ2) is 6.60. The number of likely N-dealkylation sites (tertiary alicyclic amines) is 1. The van der Waals surface area contributed by atoms with Gasteiger partial charge in [0, 0.05) is 42.7 Å². The van der Waals surface area contributed by atoms with Crippen molar-refractivity contribution in [2.75, 3.05) is 31.3 Å². The summed E-state index contributed by atoms with van der Waals surface area (Å²) in [5, 5.41) is 15.3. The van der Waals surface area contributed by atoms with Crippen LogP contribution in [0.25, 0.3) is 10.9 Å². The van der Waals surface area contributed by atoms with Gasteiger partial charge in [-0.1, -0.05) is 12.1 Å². The van der Waals surface area contributed by atoms with E-state index in [1.54, 1.807) is 19.2 Å². The maximum atomic E-state index is 13.0. The number of carbonyl (C=O) groups excluding carboxylic acids is 1. The van der Waals surface area contributed by atoms with Gasteiger partial charge < -0.3 is 20.5 Å². The largest absolute Gasteiger partial charge is 0.372 e. The van der Waals surface area contributed by atoms with Crippen LogP contribution in [-0.4, -0.2) is 52.7 Å². The Balaban J connectivity index is 1.39. The molecule has 1 aromatic carbocycles. The molecule has 2 aromatic heterocycles. The van der Waals surface area contributed by atoms with Crippen molar-refractivity contribution in [2.45, 2.75) is 24.8 Å². The van der Waals surface area contributed by atoms with E-state index in [1.807, 2.05) is 0 Å². The number of piperidine rings is 1. The van der Waals surface area contributed by atoms with Crippen molar-refractivity contribution in [1.29, 1.82) is 0 Å². The van der Waals surface area contributed by atoms with Crippen molar-refractivity contribution in [3.05, 3.63) is 47.7 Å². The number of anilines is 2. The third-order valence-corrected chi connectivity index (χ3v) is 6.27. The number of nitrogens with one attached hydrogen (secondary N) is 3. The molecule has 3 atom stereocenters. The molecule has 3 N–H and O–H groups in total. The Morgan fingerprint density at radius 3 is 2.82 bits per heavy atom. The van der Waals surface area contributed by atoms with Crippen LogP contribution in [0.15, 0.2) is 36.5 Å². The van der Waals surface area contributed by atoms with Crippen LogP contribution < -0.4 is 10.6 Å². The van der Waals surface area contributed by atoms with Gasteiger partial charge in [-0.3, -0.25) is 4.79 Å². The van der Waals surface area contributed by atoms with Crippen molar-refractivity contribution >= 4 is 28.4 Å². The maximum absolute atomic E-state index is 13.0. The van der Waals surface area contributed by atoms with Gasteiger partial charge in [0.2, 0.25) is 5.91 Å². The fourth-order valence-corrected chi connectivity index (χ4v) is 4.89. The number of nitrogens with zero attached hydrogens (tertiary/aromatic N) is 3. The van der Waals surface area contributed by atoms with E-state index in [0.717, 1.165) is 19.4 Å².